The summed E-state index contributed by atoms with van der Waals surface area (Å²) in [7, 11) is 0. The summed E-state index contributed by atoms with van der Waals surface area (Å²) in [6.45, 7) is 10.8. The molecule has 1 amide bonds. The Morgan fingerprint density at radius 1 is 1.14 bits per heavy atom. The summed E-state index contributed by atoms with van der Waals surface area (Å²) >= 11 is 5.40. The summed E-state index contributed by atoms with van der Waals surface area (Å²) in [6, 6.07) is 5.30. The SMILES string of the molecule is CC(C)c1c(-c2ccc(F)c(F)c2)nc2n1CCN(C(=O)CN)C2(C)C.Cc1cc(Cl)c(F)cn1. The number of aromatic nitrogens is 3. The largest absolute Gasteiger partial charge is 0.327 e. The highest BCUT2D eigenvalue weighted by Crippen LogP contribution is 2.38. The summed E-state index contributed by atoms with van der Waals surface area (Å²) in [4.78, 5) is 22.4. The van der Waals surface area contributed by atoms with Crippen LogP contribution in [0.4, 0.5) is 13.2 Å². The number of hydrogen-bond donors (Lipinski definition) is 1. The van der Waals surface area contributed by atoms with Crippen molar-refractivity contribution < 1.29 is 18.0 Å². The van der Waals surface area contributed by atoms with Crippen molar-refractivity contribution in [3.05, 3.63) is 70.1 Å². The highest BCUT2D eigenvalue weighted by atomic mass is 35.5. The van der Waals surface area contributed by atoms with Gasteiger partial charge in [0.15, 0.2) is 17.5 Å². The molecule has 0 radical (unpaired) electrons. The summed E-state index contributed by atoms with van der Waals surface area (Å²) < 4.78 is 41.5. The average molecular weight is 508 g/mol. The molecule has 0 spiro atoms. The molecule has 0 fully saturated rings. The Labute approximate surface area is 207 Å². The van der Waals surface area contributed by atoms with Crippen LogP contribution < -0.4 is 5.73 Å². The summed E-state index contributed by atoms with van der Waals surface area (Å²) in [6.07, 6.45) is 1.11. The molecule has 0 aliphatic carbocycles. The fourth-order valence-corrected chi connectivity index (χ4v) is 4.46. The molecule has 1 aliphatic rings. The molecule has 35 heavy (non-hydrogen) atoms. The number of nitrogens with zero attached hydrogens (tertiary/aromatic N) is 4. The molecular weight excluding hydrogens is 479 g/mol. The van der Waals surface area contributed by atoms with Crippen molar-refractivity contribution in [2.75, 3.05) is 13.1 Å². The molecular formula is C25H29ClF3N5O. The normalized spacial score (nSPS) is 14.4. The minimum atomic E-state index is -0.901. The van der Waals surface area contributed by atoms with E-state index >= 15 is 0 Å². The first kappa shape index (κ1) is 26.7. The molecule has 3 heterocycles. The van der Waals surface area contributed by atoms with Crippen LogP contribution in [0.3, 0.4) is 0 Å². The van der Waals surface area contributed by atoms with Crippen LogP contribution in [-0.4, -0.2) is 38.4 Å². The fourth-order valence-electron chi connectivity index (χ4n) is 4.26. The van der Waals surface area contributed by atoms with Gasteiger partial charge in [0, 0.05) is 30.0 Å². The van der Waals surface area contributed by atoms with E-state index in [0.29, 0.717) is 24.3 Å². The van der Waals surface area contributed by atoms with Crippen LogP contribution >= 0.6 is 11.6 Å². The molecule has 10 heteroatoms. The molecule has 0 bridgehead atoms. The first-order valence-corrected chi connectivity index (χ1v) is 11.6. The van der Waals surface area contributed by atoms with Crippen molar-refractivity contribution >= 4 is 17.5 Å². The third-order valence-electron chi connectivity index (χ3n) is 5.94. The molecule has 2 aromatic heterocycles. The number of amides is 1. The van der Waals surface area contributed by atoms with Gasteiger partial charge in [-0.05, 0) is 51.0 Å². The van der Waals surface area contributed by atoms with E-state index in [1.165, 1.54) is 18.2 Å². The number of carbonyl (C=O) groups is 1. The zero-order valence-corrected chi connectivity index (χ0v) is 21.1. The van der Waals surface area contributed by atoms with Crippen molar-refractivity contribution in [3.63, 3.8) is 0 Å². The van der Waals surface area contributed by atoms with Crippen LogP contribution in [0.5, 0.6) is 0 Å². The fraction of sp³-hybridized carbons (Fsp3) is 0.400. The summed E-state index contributed by atoms with van der Waals surface area (Å²) in [5, 5.41) is 0.127. The van der Waals surface area contributed by atoms with Gasteiger partial charge >= 0.3 is 0 Å². The van der Waals surface area contributed by atoms with Crippen molar-refractivity contribution in [2.24, 2.45) is 5.73 Å². The minimum absolute atomic E-state index is 0.0583. The molecule has 2 N–H and O–H groups in total. The van der Waals surface area contributed by atoms with Crippen LogP contribution in [0.1, 0.15) is 50.8 Å². The number of imidazole rings is 1. The number of pyridine rings is 1. The van der Waals surface area contributed by atoms with E-state index in [9.17, 15) is 18.0 Å². The van der Waals surface area contributed by atoms with E-state index in [1.54, 1.807) is 11.8 Å². The van der Waals surface area contributed by atoms with Crippen LogP contribution in [0.25, 0.3) is 11.3 Å². The molecule has 0 saturated heterocycles. The lowest BCUT2D eigenvalue weighted by molar-refractivity contribution is -0.137. The first-order chi connectivity index (χ1) is 16.4. The van der Waals surface area contributed by atoms with Gasteiger partial charge < -0.3 is 15.2 Å². The average Bonchev–Trinajstić information content (AvgIpc) is 3.20. The molecule has 0 saturated carbocycles. The lowest BCUT2D eigenvalue weighted by atomic mass is 9.98. The number of fused-ring (bicyclic) bond motifs is 1. The van der Waals surface area contributed by atoms with Gasteiger partial charge in [0.2, 0.25) is 5.91 Å². The maximum atomic E-state index is 13.8. The number of carbonyl (C=O) groups excluding carboxylic acids is 1. The Balaban J connectivity index is 0.000000320. The van der Waals surface area contributed by atoms with Gasteiger partial charge in [0.05, 0.1) is 29.0 Å². The topological polar surface area (TPSA) is 77.0 Å². The van der Waals surface area contributed by atoms with E-state index in [2.05, 4.69) is 9.55 Å². The second-order valence-electron chi connectivity index (χ2n) is 9.15. The maximum Gasteiger partial charge on any atom is 0.237 e. The lowest BCUT2D eigenvalue weighted by Crippen LogP contribution is -2.53. The summed E-state index contributed by atoms with van der Waals surface area (Å²) in [5.41, 5.74) is 7.75. The van der Waals surface area contributed by atoms with Crippen molar-refractivity contribution in [3.8, 4) is 11.3 Å². The Kier molecular flexibility index (Phi) is 7.91. The standard InChI is InChI=1S/C19H24F2N4O.C6H5ClFN/c1-11(2)17-16(12-5-6-13(20)14(21)9-12)23-18-19(3,4)25(15(26)10-22)8-7-24(17)18;1-4-2-5(7)6(8)3-9-4/h5-6,9,11H,7-8,10,22H2,1-4H3;2-3H,1H3. The maximum absolute atomic E-state index is 13.8. The number of nitrogens with two attached hydrogens (primary N) is 1. The van der Waals surface area contributed by atoms with E-state index < -0.39 is 23.0 Å². The Morgan fingerprint density at radius 2 is 1.83 bits per heavy atom. The van der Waals surface area contributed by atoms with Crippen molar-refractivity contribution in [1.82, 2.24) is 19.4 Å². The predicted molar refractivity (Wildman–Crippen MR) is 129 cm³/mol. The zero-order valence-electron chi connectivity index (χ0n) is 20.4. The van der Waals surface area contributed by atoms with Gasteiger partial charge in [0.1, 0.15) is 5.82 Å². The van der Waals surface area contributed by atoms with Gasteiger partial charge in [-0.1, -0.05) is 25.4 Å². The second kappa shape index (κ2) is 10.4. The number of aryl methyl sites for hydroxylation is 1. The molecule has 4 rings (SSSR count). The van der Waals surface area contributed by atoms with E-state index in [1.807, 2.05) is 27.7 Å². The number of benzene rings is 1. The van der Waals surface area contributed by atoms with Crippen LogP contribution in [-0.2, 0) is 16.9 Å². The Morgan fingerprint density at radius 3 is 2.37 bits per heavy atom. The van der Waals surface area contributed by atoms with Gasteiger partial charge in [-0.3, -0.25) is 9.78 Å². The third kappa shape index (κ3) is 5.36. The zero-order chi connectivity index (χ0) is 26.1. The number of hydrogen-bond acceptors (Lipinski definition) is 4. The lowest BCUT2D eigenvalue weighted by Gasteiger charge is -2.42. The second-order valence-corrected chi connectivity index (χ2v) is 9.56. The van der Waals surface area contributed by atoms with Gasteiger partial charge in [0.25, 0.3) is 0 Å². The van der Waals surface area contributed by atoms with E-state index in [0.717, 1.165) is 29.5 Å². The third-order valence-corrected chi connectivity index (χ3v) is 6.23. The Bertz CT molecular complexity index is 1240. The molecule has 0 atom stereocenters. The highest BCUT2D eigenvalue weighted by molar-refractivity contribution is 6.30. The molecule has 6 nitrogen and oxygen atoms in total. The highest BCUT2D eigenvalue weighted by Gasteiger charge is 2.41. The molecule has 0 unspecified atom stereocenters. The molecule has 1 aromatic carbocycles. The van der Waals surface area contributed by atoms with Crippen LogP contribution in [0.15, 0.2) is 30.5 Å². The van der Waals surface area contributed by atoms with Crippen molar-refractivity contribution in [2.45, 2.75) is 52.6 Å². The smallest absolute Gasteiger partial charge is 0.237 e. The number of halogens is 4. The quantitative estimate of drug-likeness (QED) is 0.530. The molecule has 188 valence electrons. The first-order valence-electron chi connectivity index (χ1n) is 11.2. The van der Waals surface area contributed by atoms with Gasteiger partial charge in [-0.2, -0.15) is 0 Å². The summed E-state index contributed by atoms with van der Waals surface area (Å²) in [5.74, 6) is -1.53. The molecule has 1 aliphatic heterocycles. The van der Waals surface area contributed by atoms with Gasteiger partial charge in [-0.25, -0.2) is 18.2 Å². The van der Waals surface area contributed by atoms with Crippen LogP contribution in [0, 0.1) is 24.4 Å². The predicted octanol–water partition coefficient (Wildman–Crippen LogP) is 5.17. The molecule has 3 aromatic rings. The van der Waals surface area contributed by atoms with Crippen LogP contribution in [0.2, 0.25) is 5.02 Å². The van der Waals surface area contributed by atoms with E-state index in [-0.39, 0.29) is 23.4 Å². The monoisotopic (exact) mass is 507 g/mol. The van der Waals surface area contributed by atoms with E-state index in [4.69, 9.17) is 22.3 Å². The number of rotatable bonds is 3. The van der Waals surface area contributed by atoms with Gasteiger partial charge in [-0.15, -0.1) is 0 Å². The van der Waals surface area contributed by atoms with Crippen molar-refractivity contribution in [1.29, 1.82) is 0 Å². The Hall–Kier alpha value is -2.91. The minimum Gasteiger partial charge on any atom is -0.327 e.